The highest BCUT2D eigenvalue weighted by atomic mass is 16.3. The molecule has 88 valence electrons. The summed E-state index contributed by atoms with van der Waals surface area (Å²) in [4.78, 5) is 10.9. The fourth-order valence-corrected chi connectivity index (χ4v) is 1.74. The molecule has 0 bridgehead atoms. The smallest absolute Gasteiger partial charge is 0.172 e. The van der Waals surface area contributed by atoms with Crippen molar-refractivity contribution >= 4 is 6.29 Å². The van der Waals surface area contributed by atoms with Gasteiger partial charge >= 0.3 is 0 Å². The Kier molecular flexibility index (Phi) is 2.91. The Bertz CT molecular complexity index is 546. The molecule has 0 saturated carbocycles. The van der Waals surface area contributed by atoms with Gasteiger partial charge in [-0.2, -0.15) is 0 Å². The van der Waals surface area contributed by atoms with Crippen molar-refractivity contribution in [3.8, 4) is 11.4 Å². The monoisotopic (exact) mass is 231 g/mol. The fraction of sp³-hybridized carbons (Fsp3) is 0.250. The van der Waals surface area contributed by atoms with Gasteiger partial charge in [-0.05, 0) is 18.1 Å². The van der Waals surface area contributed by atoms with Crippen LogP contribution in [0, 0.1) is 0 Å². The van der Waals surface area contributed by atoms with E-state index in [2.05, 4.69) is 10.3 Å². The molecule has 1 N–H and O–H groups in total. The molecule has 0 aliphatic carbocycles. The van der Waals surface area contributed by atoms with Crippen LogP contribution >= 0.6 is 0 Å². The molecule has 1 aromatic heterocycles. The molecule has 1 heterocycles. The maximum absolute atomic E-state index is 10.9. The Morgan fingerprint density at radius 2 is 2.18 bits per heavy atom. The topological polar surface area (TPSA) is 68.0 Å². The minimum Gasteiger partial charge on any atom is -0.508 e. The molecule has 0 spiro atoms. The largest absolute Gasteiger partial charge is 0.508 e. The lowest BCUT2D eigenvalue weighted by Gasteiger charge is -2.09. The van der Waals surface area contributed by atoms with Gasteiger partial charge in [0, 0.05) is 6.07 Å². The zero-order valence-corrected chi connectivity index (χ0v) is 9.66. The minimum atomic E-state index is 0.118. The number of aldehydes is 1. The second-order valence-electron chi connectivity index (χ2n) is 4.06. The van der Waals surface area contributed by atoms with Gasteiger partial charge in [0.25, 0.3) is 0 Å². The first kappa shape index (κ1) is 11.3. The highest BCUT2D eigenvalue weighted by Crippen LogP contribution is 2.22. The number of aromatic hydroxyl groups is 1. The summed E-state index contributed by atoms with van der Waals surface area (Å²) < 4.78 is 1.58. The Morgan fingerprint density at radius 1 is 1.41 bits per heavy atom. The second-order valence-corrected chi connectivity index (χ2v) is 4.06. The van der Waals surface area contributed by atoms with E-state index in [0.717, 1.165) is 5.69 Å². The third kappa shape index (κ3) is 2.04. The van der Waals surface area contributed by atoms with E-state index in [1.807, 2.05) is 13.8 Å². The van der Waals surface area contributed by atoms with Crippen LogP contribution in [0.5, 0.6) is 5.75 Å². The number of phenolic OH excluding ortho intramolecular Hbond substituents is 1. The molecule has 0 fully saturated rings. The molecule has 5 heteroatoms. The maximum atomic E-state index is 10.9. The van der Waals surface area contributed by atoms with Crippen LogP contribution in [-0.4, -0.2) is 26.4 Å². The van der Waals surface area contributed by atoms with Gasteiger partial charge in [-0.15, -0.1) is 5.10 Å². The molecule has 17 heavy (non-hydrogen) atoms. The standard InChI is InChI=1S/C12H13N3O2/c1-8(2)12-11(7-16)13-14-15(12)9-4-3-5-10(17)6-9/h3-8,17H,1-2H3. The number of rotatable bonds is 3. The summed E-state index contributed by atoms with van der Waals surface area (Å²) in [5.74, 6) is 0.271. The van der Waals surface area contributed by atoms with Crippen LogP contribution in [0.1, 0.15) is 35.9 Å². The highest BCUT2D eigenvalue weighted by molar-refractivity contribution is 5.73. The second kappa shape index (κ2) is 4.37. The molecule has 0 atom stereocenters. The number of aromatic nitrogens is 3. The molecule has 0 saturated heterocycles. The number of hydrogen-bond acceptors (Lipinski definition) is 4. The summed E-state index contributed by atoms with van der Waals surface area (Å²) in [5, 5.41) is 17.2. The summed E-state index contributed by atoms with van der Waals surface area (Å²) in [5.41, 5.74) is 1.77. The van der Waals surface area contributed by atoms with Crippen LogP contribution in [0.2, 0.25) is 0 Å². The number of nitrogens with zero attached hydrogens (tertiary/aromatic N) is 3. The van der Waals surface area contributed by atoms with Gasteiger partial charge in [0.2, 0.25) is 0 Å². The lowest BCUT2D eigenvalue weighted by molar-refractivity contribution is 0.111. The summed E-state index contributed by atoms with van der Waals surface area (Å²) in [6, 6.07) is 6.68. The number of carbonyl (C=O) groups is 1. The first-order valence-electron chi connectivity index (χ1n) is 5.33. The van der Waals surface area contributed by atoms with E-state index in [9.17, 15) is 9.90 Å². The summed E-state index contributed by atoms with van der Waals surface area (Å²) >= 11 is 0. The Morgan fingerprint density at radius 3 is 2.76 bits per heavy atom. The predicted molar refractivity (Wildman–Crippen MR) is 62.5 cm³/mol. The third-order valence-corrected chi connectivity index (χ3v) is 2.47. The minimum absolute atomic E-state index is 0.118. The van der Waals surface area contributed by atoms with Gasteiger partial charge in [-0.25, -0.2) is 4.68 Å². The third-order valence-electron chi connectivity index (χ3n) is 2.47. The SMILES string of the molecule is CC(C)c1c(C=O)nnn1-c1cccc(O)c1. The normalized spacial score (nSPS) is 10.8. The van der Waals surface area contributed by atoms with Crippen LogP contribution in [0.25, 0.3) is 5.69 Å². The molecule has 0 aliphatic rings. The molecule has 1 aromatic carbocycles. The quantitative estimate of drug-likeness (QED) is 0.819. The number of phenols is 1. The van der Waals surface area contributed by atoms with Gasteiger partial charge in [0.1, 0.15) is 11.4 Å². The predicted octanol–water partition coefficient (Wildman–Crippen LogP) is 1.91. The van der Waals surface area contributed by atoms with Crippen LogP contribution in [0.3, 0.4) is 0 Å². The first-order chi connectivity index (χ1) is 8.13. The summed E-state index contributed by atoms with van der Waals surface area (Å²) in [6.45, 7) is 3.93. The Balaban J connectivity index is 2.59. The molecule has 0 radical (unpaired) electrons. The van der Waals surface area contributed by atoms with Crippen molar-refractivity contribution in [2.24, 2.45) is 0 Å². The van der Waals surface area contributed by atoms with Gasteiger partial charge in [-0.3, -0.25) is 4.79 Å². The lowest BCUT2D eigenvalue weighted by atomic mass is 10.1. The van der Waals surface area contributed by atoms with Gasteiger partial charge in [0.15, 0.2) is 6.29 Å². The van der Waals surface area contributed by atoms with Crippen molar-refractivity contribution in [3.63, 3.8) is 0 Å². The van der Waals surface area contributed by atoms with Crippen molar-refractivity contribution in [1.29, 1.82) is 0 Å². The number of hydrogen-bond donors (Lipinski definition) is 1. The van der Waals surface area contributed by atoms with Crippen LogP contribution < -0.4 is 0 Å². The van der Waals surface area contributed by atoms with Crippen LogP contribution in [0.4, 0.5) is 0 Å². The van der Waals surface area contributed by atoms with E-state index in [4.69, 9.17) is 0 Å². The van der Waals surface area contributed by atoms with Crippen molar-refractivity contribution in [2.45, 2.75) is 19.8 Å². The van der Waals surface area contributed by atoms with E-state index in [1.54, 1.807) is 28.9 Å². The Labute approximate surface area is 98.7 Å². The van der Waals surface area contributed by atoms with Crippen molar-refractivity contribution in [3.05, 3.63) is 35.7 Å². The molecule has 5 nitrogen and oxygen atoms in total. The maximum Gasteiger partial charge on any atom is 0.172 e. The van der Waals surface area contributed by atoms with Crippen LogP contribution in [-0.2, 0) is 0 Å². The Hall–Kier alpha value is -2.17. The molecular formula is C12H13N3O2. The van der Waals surface area contributed by atoms with Gasteiger partial charge in [-0.1, -0.05) is 25.1 Å². The van der Waals surface area contributed by atoms with Crippen LogP contribution in [0.15, 0.2) is 24.3 Å². The van der Waals surface area contributed by atoms with E-state index >= 15 is 0 Å². The lowest BCUT2D eigenvalue weighted by Crippen LogP contribution is -2.05. The van der Waals surface area contributed by atoms with Crippen molar-refractivity contribution in [2.75, 3.05) is 0 Å². The average molecular weight is 231 g/mol. The van der Waals surface area contributed by atoms with Crippen molar-refractivity contribution < 1.29 is 9.90 Å². The van der Waals surface area contributed by atoms with E-state index in [-0.39, 0.29) is 11.7 Å². The van der Waals surface area contributed by atoms with E-state index in [1.165, 1.54) is 0 Å². The zero-order valence-electron chi connectivity index (χ0n) is 9.66. The molecular weight excluding hydrogens is 218 g/mol. The molecule has 2 rings (SSSR count). The van der Waals surface area contributed by atoms with E-state index in [0.29, 0.717) is 17.7 Å². The zero-order chi connectivity index (χ0) is 12.4. The molecule has 0 unspecified atom stereocenters. The molecule has 0 amide bonds. The first-order valence-corrected chi connectivity index (χ1v) is 5.33. The molecule has 0 aliphatic heterocycles. The van der Waals surface area contributed by atoms with Crippen molar-refractivity contribution in [1.82, 2.24) is 15.0 Å². The summed E-state index contributed by atoms with van der Waals surface area (Å²) in [7, 11) is 0. The van der Waals surface area contributed by atoms with Gasteiger partial charge < -0.3 is 5.11 Å². The fourth-order valence-electron chi connectivity index (χ4n) is 1.74. The summed E-state index contributed by atoms with van der Waals surface area (Å²) in [6.07, 6.45) is 0.696. The number of carbonyl (C=O) groups excluding carboxylic acids is 1. The molecule has 2 aromatic rings. The average Bonchev–Trinajstić information content (AvgIpc) is 2.72. The van der Waals surface area contributed by atoms with E-state index < -0.39 is 0 Å². The van der Waals surface area contributed by atoms with Gasteiger partial charge in [0.05, 0.1) is 11.4 Å². The highest BCUT2D eigenvalue weighted by Gasteiger charge is 2.16. The number of benzene rings is 1.